The molecule has 3 aromatic rings. The zero-order valence-electron chi connectivity index (χ0n) is 13.6. The van der Waals surface area contributed by atoms with E-state index in [1.165, 1.54) is 23.8 Å². The molecule has 0 aliphatic rings. The van der Waals surface area contributed by atoms with Crippen molar-refractivity contribution in [1.29, 1.82) is 0 Å². The second kappa shape index (κ2) is 8.54. The molecule has 6 heteroatoms. The fraction of sp³-hybridized carbons (Fsp3) is 0.158. The van der Waals surface area contributed by atoms with Crippen molar-refractivity contribution in [1.82, 2.24) is 4.98 Å². The molecule has 3 rings (SSSR count). The highest BCUT2D eigenvalue weighted by Crippen LogP contribution is 2.20. The smallest absolute Gasteiger partial charge is 0.352 e. The maximum atomic E-state index is 10.6. The number of aromatic nitrogens is 1. The molecule has 1 amide bonds. The van der Waals surface area contributed by atoms with Crippen molar-refractivity contribution < 1.29 is 19.8 Å². The van der Waals surface area contributed by atoms with Gasteiger partial charge >= 0.3 is 5.97 Å². The summed E-state index contributed by atoms with van der Waals surface area (Å²) in [6.45, 7) is 0. The number of carboxylic acids is 1. The largest absolute Gasteiger partial charge is 0.508 e. The summed E-state index contributed by atoms with van der Waals surface area (Å²) in [5, 5.41) is 18.5. The first-order valence-electron chi connectivity index (χ1n) is 7.83. The molecule has 0 unspecified atom stereocenters. The summed E-state index contributed by atoms with van der Waals surface area (Å²) in [5.41, 5.74) is 7.03. The van der Waals surface area contributed by atoms with Gasteiger partial charge < -0.3 is 20.9 Å². The van der Waals surface area contributed by atoms with E-state index in [0.29, 0.717) is 11.9 Å². The molecule has 0 fully saturated rings. The van der Waals surface area contributed by atoms with Crippen LogP contribution in [-0.2, 0) is 11.2 Å². The monoisotopic (exact) mass is 340 g/mol. The van der Waals surface area contributed by atoms with Crippen molar-refractivity contribution in [3.63, 3.8) is 0 Å². The van der Waals surface area contributed by atoms with Crippen LogP contribution in [0.25, 0.3) is 10.9 Å². The molecule has 130 valence electrons. The molecular formula is C19H20N2O4. The van der Waals surface area contributed by atoms with Gasteiger partial charge in [-0.1, -0.05) is 30.3 Å². The SMILES string of the molecule is NC(=O)CCCc1ccccc1.O=C(O)c1cc2ccc(O)cc2[nH]1. The first kappa shape index (κ1) is 18.1. The van der Waals surface area contributed by atoms with E-state index in [4.69, 9.17) is 15.9 Å². The number of phenols is 1. The van der Waals surface area contributed by atoms with Crippen LogP contribution in [0.15, 0.2) is 54.6 Å². The maximum absolute atomic E-state index is 10.6. The van der Waals surface area contributed by atoms with E-state index in [2.05, 4.69) is 17.1 Å². The Balaban J connectivity index is 0.000000181. The zero-order valence-corrected chi connectivity index (χ0v) is 13.6. The van der Waals surface area contributed by atoms with Gasteiger partial charge in [0.25, 0.3) is 0 Å². The normalized spacial score (nSPS) is 10.1. The number of carboxylic acid groups (broad SMARTS) is 1. The molecule has 0 saturated carbocycles. The first-order chi connectivity index (χ1) is 12.0. The highest BCUT2D eigenvalue weighted by atomic mass is 16.4. The number of fused-ring (bicyclic) bond motifs is 1. The lowest BCUT2D eigenvalue weighted by molar-refractivity contribution is -0.118. The third-order valence-corrected chi connectivity index (χ3v) is 3.57. The quantitative estimate of drug-likeness (QED) is 0.571. The van der Waals surface area contributed by atoms with Crippen LogP contribution < -0.4 is 5.73 Å². The first-order valence-corrected chi connectivity index (χ1v) is 7.83. The van der Waals surface area contributed by atoms with Crippen LogP contribution in [0.5, 0.6) is 5.75 Å². The lowest BCUT2D eigenvalue weighted by Crippen LogP contribution is -2.10. The summed E-state index contributed by atoms with van der Waals surface area (Å²) in [6, 6.07) is 16.3. The van der Waals surface area contributed by atoms with Crippen LogP contribution in [-0.4, -0.2) is 27.1 Å². The van der Waals surface area contributed by atoms with Crippen LogP contribution in [0.4, 0.5) is 0 Å². The van der Waals surface area contributed by atoms with E-state index in [1.54, 1.807) is 6.07 Å². The van der Waals surface area contributed by atoms with Gasteiger partial charge in [-0.25, -0.2) is 4.79 Å². The third kappa shape index (κ3) is 5.69. The standard InChI is InChI=1S/C10H13NO.C9H7NO3/c11-10(12)8-4-7-9-5-2-1-3-6-9;11-6-2-1-5-3-8(9(12)13)10-7(5)4-6/h1-3,5-6H,4,7-8H2,(H2,11,12);1-4,10-11H,(H,12,13). The Bertz CT molecular complexity index is 856. The molecule has 1 heterocycles. The number of nitrogens with two attached hydrogens (primary N) is 1. The molecule has 2 aromatic carbocycles. The molecule has 0 radical (unpaired) electrons. The summed E-state index contributed by atoms with van der Waals surface area (Å²) in [4.78, 5) is 23.6. The molecule has 0 aliphatic heterocycles. The van der Waals surface area contributed by atoms with Gasteiger partial charge in [0.1, 0.15) is 11.4 Å². The highest BCUT2D eigenvalue weighted by Gasteiger charge is 2.06. The van der Waals surface area contributed by atoms with E-state index in [1.807, 2.05) is 18.2 Å². The number of phenolic OH excluding ortho intramolecular Hbond substituents is 1. The van der Waals surface area contributed by atoms with E-state index in [-0.39, 0.29) is 17.4 Å². The summed E-state index contributed by atoms with van der Waals surface area (Å²) in [5.74, 6) is -1.10. The Morgan fingerprint density at radius 3 is 2.40 bits per heavy atom. The molecule has 0 bridgehead atoms. The Hall–Kier alpha value is -3.28. The minimum Gasteiger partial charge on any atom is -0.508 e. The highest BCUT2D eigenvalue weighted by molar-refractivity contribution is 5.94. The van der Waals surface area contributed by atoms with Crippen molar-refractivity contribution in [3.8, 4) is 5.75 Å². The molecule has 0 atom stereocenters. The van der Waals surface area contributed by atoms with E-state index in [9.17, 15) is 9.59 Å². The predicted octanol–water partition coefficient (Wildman–Crippen LogP) is 3.07. The molecular weight excluding hydrogens is 320 g/mol. The van der Waals surface area contributed by atoms with Crippen LogP contribution in [0.3, 0.4) is 0 Å². The van der Waals surface area contributed by atoms with Crippen molar-refractivity contribution in [2.75, 3.05) is 0 Å². The minimum atomic E-state index is -1.00. The number of H-pyrrole nitrogens is 1. The van der Waals surface area contributed by atoms with Crippen LogP contribution in [0.2, 0.25) is 0 Å². The number of carbonyl (C=O) groups excluding carboxylic acids is 1. The number of hydrogen-bond donors (Lipinski definition) is 4. The van der Waals surface area contributed by atoms with Gasteiger partial charge in [-0.05, 0) is 36.6 Å². The summed E-state index contributed by atoms with van der Waals surface area (Å²) < 4.78 is 0. The topological polar surface area (TPSA) is 116 Å². The summed E-state index contributed by atoms with van der Waals surface area (Å²) >= 11 is 0. The number of aromatic hydroxyl groups is 1. The number of rotatable bonds is 5. The average Bonchev–Trinajstić information content (AvgIpc) is 2.99. The third-order valence-electron chi connectivity index (χ3n) is 3.57. The van der Waals surface area contributed by atoms with Gasteiger partial charge in [0, 0.05) is 23.4 Å². The predicted molar refractivity (Wildman–Crippen MR) is 95.5 cm³/mol. The molecule has 1 aromatic heterocycles. The number of carbonyl (C=O) groups is 2. The average molecular weight is 340 g/mol. The number of nitrogens with one attached hydrogen (secondary N) is 1. The van der Waals surface area contributed by atoms with Crippen LogP contribution in [0, 0.1) is 0 Å². The van der Waals surface area contributed by atoms with Crippen molar-refractivity contribution in [2.45, 2.75) is 19.3 Å². The van der Waals surface area contributed by atoms with Crippen LogP contribution in [0.1, 0.15) is 28.9 Å². The zero-order chi connectivity index (χ0) is 18.2. The Morgan fingerprint density at radius 1 is 1.04 bits per heavy atom. The number of aromatic amines is 1. The van der Waals surface area contributed by atoms with Gasteiger partial charge in [0.15, 0.2) is 0 Å². The number of hydrogen-bond acceptors (Lipinski definition) is 3. The minimum absolute atomic E-state index is 0.117. The fourth-order valence-electron chi connectivity index (χ4n) is 2.34. The molecule has 0 aliphatic carbocycles. The Labute approximate surface area is 144 Å². The van der Waals surface area contributed by atoms with Crippen molar-refractivity contribution in [3.05, 3.63) is 65.9 Å². The number of primary amides is 1. The van der Waals surface area contributed by atoms with Gasteiger partial charge in [-0.3, -0.25) is 4.79 Å². The maximum Gasteiger partial charge on any atom is 0.352 e. The second-order valence-corrected chi connectivity index (χ2v) is 5.57. The molecule has 5 N–H and O–H groups in total. The van der Waals surface area contributed by atoms with Crippen LogP contribution >= 0.6 is 0 Å². The Kier molecular flexibility index (Phi) is 6.17. The lowest BCUT2D eigenvalue weighted by atomic mass is 10.1. The van der Waals surface area contributed by atoms with Gasteiger partial charge in [-0.2, -0.15) is 0 Å². The molecule has 6 nitrogen and oxygen atoms in total. The fourth-order valence-corrected chi connectivity index (χ4v) is 2.34. The van der Waals surface area contributed by atoms with Gasteiger partial charge in [-0.15, -0.1) is 0 Å². The van der Waals surface area contributed by atoms with E-state index in [0.717, 1.165) is 18.2 Å². The van der Waals surface area contributed by atoms with Gasteiger partial charge in [0.2, 0.25) is 5.91 Å². The van der Waals surface area contributed by atoms with Crippen molar-refractivity contribution >= 4 is 22.8 Å². The molecule has 25 heavy (non-hydrogen) atoms. The lowest BCUT2D eigenvalue weighted by Gasteiger charge is -1.97. The number of aryl methyl sites for hydroxylation is 1. The van der Waals surface area contributed by atoms with Crippen molar-refractivity contribution in [2.24, 2.45) is 5.73 Å². The number of amides is 1. The van der Waals surface area contributed by atoms with Gasteiger partial charge in [0.05, 0.1) is 0 Å². The molecule has 0 saturated heterocycles. The van der Waals surface area contributed by atoms with E-state index < -0.39 is 5.97 Å². The number of aromatic carboxylic acids is 1. The van der Waals surface area contributed by atoms with E-state index >= 15 is 0 Å². The Morgan fingerprint density at radius 2 is 1.76 bits per heavy atom. The second-order valence-electron chi connectivity index (χ2n) is 5.57. The summed E-state index contributed by atoms with van der Waals surface area (Å²) in [6.07, 6.45) is 2.26. The number of benzene rings is 2. The molecule has 0 spiro atoms. The summed E-state index contributed by atoms with van der Waals surface area (Å²) in [7, 11) is 0.